The number of benzene rings is 2. The molecule has 5 nitrogen and oxygen atoms in total. The van der Waals surface area contributed by atoms with Gasteiger partial charge < -0.3 is 5.32 Å². The first-order valence-corrected chi connectivity index (χ1v) is 7.83. The van der Waals surface area contributed by atoms with Gasteiger partial charge in [-0.05, 0) is 29.8 Å². The predicted molar refractivity (Wildman–Crippen MR) is 87.8 cm³/mol. The number of nitrogens with one attached hydrogen (secondary N) is 1. The number of hydrogen-bond donors (Lipinski definition) is 1. The lowest BCUT2D eigenvalue weighted by atomic mass is 10.1. The molecular formula is C14H10Br2N2O3. The van der Waals surface area contributed by atoms with Gasteiger partial charge in [0.1, 0.15) is 5.69 Å². The predicted octanol–water partition coefficient (Wildman–Crippen LogP) is 4.50. The highest BCUT2D eigenvalue weighted by molar-refractivity contribution is 9.10. The average molecular weight is 414 g/mol. The summed E-state index contributed by atoms with van der Waals surface area (Å²) in [4.78, 5) is 22.6. The van der Waals surface area contributed by atoms with E-state index in [1.165, 1.54) is 12.1 Å². The number of hydrogen-bond acceptors (Lipinski definition) is 3. The van der Waals surface area contributed by atoms with Crippen molar-refractivity contribution in [2.45, 2.75) is 5.33 Å². The number of anilines is 1. The molecule has 21 heavy (non-hydrogen) atoms. The third-order valence-corrected chi connectivity index (χ3v) is 3.92. The number of rotatable bonds is 4. The fourth-order valence-electron chi connectivity index (χ4n) is 1.70. The normalized spacial score (nSPS) is 10.2. The standard InChI is InChI=1S/C14H10Br2N2O3/c15-8-9-1-3-10(4-2-9)14(19)17-12-6-5-11(16)7-13(12)18(20)21/h1-7H,8H2,(H,17,19). The monoisotopic (exact) mass is 412 g/mol. The Morgan fingerprint density at radius 2 is 1.86 bits per heavy atom. The number of alkyl halides is 1. The Kier molecular flexibility index (Phi) is 5.08. The topological polar surface area (TPSA) is 72.2 Å². The van der Waals surface area contributed by atoms with Gasteiger partial charge in [0, 0.05) is 21.4 Å². The van der Waals surface area contributed by atoms with E-state index >= 15 is 0 Å². The number of carbonyl (C=O) groups is 1. The Labute approximate surface area is 137 Å². The molecule has 0 heterocycles. The Bertz CT molecular complexity index is 687. The van der Waals surface area contributed by atoms with Crippen LogP contribution in [-0.2, 0) is 5.33 Å². The summed E-state index contributed by atoms with van der Waals surface area (Å²) >= 11 is 6.50. The minimum absolute atomic E-state index is 0.158. The zero-order valence-electron chi connectivity index (χ0n) is 10.7. The SMILES string of the molecule is O=C(Nc1ccc(Br)cc1[N+](=O)[O-])c1ccc(CBr)cc1. The van der Waals surface area contributed by atoms with Crippen molar-refractivity contribution in [1.82, 2.24) is 0 Å². The van der Waals surface area contributed by atoms with Crippen molar-refractivity contribution in [3.05, 3.63) is 68.2 Å². The van der Waals surface area contributed by atoms with Crippen molar-refractivity contribution in [1.29, 1.82) is 0 Å². The molecule has 0 saturated heterocycles. The second-order valence-corrected chi connectivity index (χ2v) is 5.68. The first kappa shape index (κ1) is 15.7. The van der Waals surface area contributed by atoms with Crippen LogP contribution in [0.25, 0.3) is 0 Å². The second-order valence-electron chi connectivity index (χ2n) is 4.20. The third kappa shape index (κ3) is 3.89. The summed E-state index contributed by atoms with van der Waals surface area (Å²) in [6.07, 6.45) is 0. The zero-order chi connectivity index (χ0) is 15.4. The first-order chi connectivity index (χ1) is 10.0. The van der Waals surface area contributed by atoms with Crippen LogP contribution in [0.2, 0.25) is 0 Å². The summed E-state index contributed by atoms with van der Waals surface area (Å²) < 4.78 is 0.578. The Morgan fingerprint density at radius 1 is 1.19 bits per heavy atom. The van der Waals surface area contributed by atoms with Gasteiger partial charge >= 0.3 is 0 Å². The van der Waals surface area contributed by atoms with Crippen LogP contribution in [0, 0.1) is 10.1 Å². The minimum Gasteiger partial charge on any atom is -0.316 e. The largest absolute Gasteiger partial charge is 0.316 e. The van der Waals surface area contributed by atoms with E-state index in [9.17, 15) is 14.9 Å². The lowest BCUT2D eigenvalue weighted by Crippen LogP contribution is -2.13. The molecule has 1 amide bonds. The molecule has 2 aromatic rings. The maximum atomic E-state index is 12.1. The molecule has 0 atom stereocenters. The second kappa shape index (κ2) is 6.82. The fourth-order valence-corrected chi connectivity index (χ4v) is 2.42. The molecule has 0 aliphatic heterocycles. The fraction of sp³-hybridized carbons (Fsp3) is 0.0714. The van der Waals surface area contributed by atoms with Crippen molar-refractivity contribution in [3.63, 3.8) is 0 Å². The maximum Gasteiger partial charge on any atom is 0.293 e. The van der Waals surface area contributed by atoms with Crippen LogP contribution in [0.4, 0.5) is 11.4 Å². The molecule has 0 aliphatic rings. The van der Waals surface area contributed by atoms with Crippen LogP contribution in [0.5, 0.6) is 0 Å². The van der Waals surface area contributed by atoms with Crippen LogP contribution in [-0.4, -0.2) is 10.8 Å². The van der Waals surface area contributed by atoms with Gasteiger partial charge in [0.05, 0.1) is 4.92 Å². The maximum absolute atomic E-state index is 12.1. The highest BCUT2D eigenvalue weighted by atomic mass is 79.9. The van der Waals surface area contributed by atoms with Gasteiger partial charge in [-0.2, -0.15) is 0 Å². The van der Waals surface area contributed by atoms with Crippen molar-refractivity contribution in [2.24, 2.45) is 0 Å². The molecule has 2 aromatic carbocycles. The molecule has 108 valence electrons. The number of nitro groups is 1. The molecule has 0 radical (unpaired) electrons. The smallest absolute Gasteiger partial charge is 0.293 e. The van der Waals surface area contributed by atoms with E-state index in [1.807, 2.05) is 12.1 Å². The van der Waals surface area contributed by atoms with E-state index in [-0.39, 0.29) is 17.3 Å². The number of amides is 1. The van der Waals surface area contributed by atoms with Crippen molar-refractivity contribution >= 4 is 49.1 Å². The highest BCUT2D eigenvalue weighted by Crippen LogP contribution is 2.28. The molecule has 7 heteroatoms. The van der Waals surface area contributed by atoms with Crippen LogP contribution < -0.4 is 5.32 Å². The van der Waals surface area contributed by atoms with Crippen LogP contribution in [0.15, 0.2) is 46.9 Å². The summed E-state index contributed by atoms with van der Waals surface area (Å²) in [5.74, 6) is -0.387. The molecular weight excluding hydrogens is 404 g/mol. The summed E-state index contributed by atoms with van der Waals surface area (Å²) in [5.41, 5.74) is 1.49. The van der Waals surface area contributed by atoms with Crippen LogP contribution in [0.3, 0.4) is 0 Å². The van der Waals surface area contributed by atoms with E-state index in [2.05, 4.69) is 37.2 Å². The van der Waals surface area contributed by atoms with E-state index in [0.29, 0.717) is 15.4 Å². The van der Waals surface area contributed by atoms with Gasteiger partial charge in [-0.15, -0.1) is 0 Å². The van der Waals surface area contributed by atoms with Crippen molar-refractivity contribution in [2.75, 3.05) is 5.32 Å². The molecule has 0 aromatic heterocycles. The van der Waals surface area contributed by atoms with E-state index in [1.54, 1.807) is 18.2 Å². The molecule has 0 aliphatic carbocycles. The van der Waals surface area contributed by atoms with E-state index in [4.69, 9.17) is 0 Å². The van der Waals surface area contributed by atoms with Gasteiger partial charge in [0.2, 0.25) is 0 Å². The molecule has 0 spiro atoms. The van der Waals surface area contributed by atoms with Gasteiger partial charge in [-0.1, -0.05) is 44.0 Å². The van der Waals surface area contributed by atoms with Crippen LogP contribution in [0.1, 0.15) is 15.9 Å². The number of nitro benzene ring substituents is 1. The van der Waals surface area contributed by atoms with Crippen LogP contribution >= 0.6 is 31.9 Å². The molecule has 0 unspecified atom stereocenters. The van der Waals surface area contributed by atoms with Gasteiger partial charge in [0.25, 0.3) is 11.6 Å². The van der Waals surface area contributed by atoms with Gasteiger partial charge in [0.15, 0.2) is 0 Å². The quantitative estimate of drug-likeness (QED) is 0.455. The van der Waals surface area contributed by atoms with E-state index < -0.39 is 4.92 Å². The van der Waals surface area contributed by atoms with Crippen molar-refractivity contribution in [3.8, 4) is 0 Å². The molecule has 0 fully saturated rings. The Hall–Kier alpha value is -1.73. The number of halogens is 2. The lowest BCUT2D eigenvalue weighted by molar-refractivity contribution is -0.384. The Morgan fingerprint density at radius 3 is 2.43 bits per heavy atom. The summed E-state index contributed by atoms with van der Waals surface area (Å²) in [5, 5.41) is 14.3. The van der Waals surface area contributed by atoms with Gasteiger partial charge in [-0.3, -0.25) is 14.9 Å². The summed E-state index contributed by atoms with van der Waals surface area (Å²) in [6, 6.07) is 11.5. The zero-order valence-corrected chi connectivity index (χ0v) is 13.8. The average Bonchev–Trinajstić information content (AvgIpc) is 2.49. The number of nitrogens with zero attached hydrogens (tertiary/aromatic N) is 1. The Balaban J connectivity index is 2.24. The molecule has 1 N–H and O–H groups in total. The van der Waals surface area contributed by atoms with E-state index in [0.717, 1.165) is 5.56 Å². The van der Waals surface area contributed by atoms with Gasteiger partial charge in [-0.25, -0.2) is 0 Å². The molecule has 2 rings (SSSR count). The minimum atomic E-state index is -0.533. The summed E-state index contributed by atoms with van der Waals surface area (Å²) in [6.45, 7) is 0. The summed E-state index contributed by atoms with van der Waals surface area (Å²) in [7, 11) is 0. The molecule has 0 saturated carbocycles. The third-order valence-electron chi connectivity index (χ3n) is 2.78. The lowest BCUT2D eigenvalue weighted by Gasteiger charge is -2.07. The highest BCUT2D eigenvalue weighted by Gasteiger charge is 2.17. The first-order valence-electron chi connectivity index (χ1n) is 5.91. The van der Waals surface area contributed by atoms with Crippen molar-refractivity contribution < 1.29 is 9.72 Å². The molecule has 0 bridgehead atoms. The number of carbonyl (C=O) groups excluding carboxylic acids is 1.